The smallest absolute Gasteiger partial charge is 0.325 e. The van der Waals surface area contributed by atoms with Gasteiger partial charge in [0.15, 0.2) is 23.7 Å². The highest BCUT2D eigenvalue weighted by Gasteiger charge is 2.51. The van der Waals surface area contributed by atoms with Crippen LogP contribution >= 0.6 is 0 Å². The van der Waals surface area contributed by atoms with Crippen molar-refractivity contribution in [1.82, 2.24) is 0 Å². The Kier molecular flexibility index (Phi) is 4.52. The third-order valence-corrected chi connectivity index (χ3v) is 3.91. The van der Waals surface area contributed by atoms with Crippen molar-refractivity contribution < 1.29 is 31.9 Å². The van der Waals surface area contributed by atoms with Gasteiger partial charge < -0.3 is 5.32 Å². The second-order valence-electron chi connectivity index (χ2n) is 6.39. The number of anilines is 1. The minimum atomic E-state index is -4.52. The highest BCUT2D eigenvalue weighted by Crippen LogP contribution is 2.37. The maximum atomic E-state index is 14.1. The summed E-state index contributed by atoms with van der Waals surface area (Å²) in [6, 6.07) is 3.49. The number of carbonyl (C=O) groups is 3. The molecule has 2 rings (SSSR count). The van der Waals surface area contributed by atoms with Crippen LogP contribution in [-0.4, -0.2) is 23.6 Å². The van der Waals surface area contributed by atoms with Gasteiger partial charge in [0.2, 0.25) is 5.91 Å². The van der Waals surface area contributed by atoms with E-state index in [2.05, 4.69) is 5.32 Å². The number of ketones is 2. The van der Waals surface area contributed by atoms with Gasteiger partial charge in [-0.15, -0.1) is 0 Å². The molecule has 1 amide bonds. The minimum Gasteiger partial charge on any atom is -0.325 e. The highest BCUT2D eigenvalue weighted by atomic mass is 19.4. The molecular weight excluding hydrogens is 330 g/mol. The molecule has 24 heavy (non-hydrogen) atoms. The topological polar surface area (TPSA) is 63.2 Å². The number of benzene rings is 1. The molecule has 4 nitrogen and oxygen atoms in total. The van der Waals surface area contributed by atoms with Gasteiger partial charge in [0.25, 0.3) is 0 Å². The fourth-order valence-corrected chi connectivity index (χ4v) is 2.56. The molecule has 0 aromatic heterocycles. The summed E-state index contributed by atoms with van der Waals surface area (Å²) in [7, 11) is 0. The van der Waals surface area contributed by atoms with Gasteiger partial charge in [0.1, 0.15) is 0 Å². The molecule has 1 saturated carbocycles. The van der Waals surface area contributed by atoms with Crippen LogP contribution in [0, 0.1) is 11.3 Å². The van der Waals surface area contributed by atoms with E-state index in [1.807, 2.05) is 0 Å². The van der Waals surface area contributed by atoms with Crippen molar-refractivity contribution in [3.63, 3.8) is 0 Å². The van der Waals surface area contributed by atoms with E-state index in [0.29, 0.717) is 0 Å². The van der Waals surface area contributed by atoms with Gasteiger partial charge in [-0.1, -0.05) is 13.8 Å². The quantitative estimate of drug-likeness (QED) is 0.661. The fraction of sp³-hybridized carbons (Fsp3) is 0.438. The summed E-state index contributed by atoms with van der Waals surface area (Å²) in [5.74, 6) is -4.65. The molecule has 1 aromatic rings. The number of hydrogen-bond donors (Lipinski definition) is 1. The number of rotatable bonds is 2. The Balaban J connectivity index is 2.15. The Bertz CT molecular complexity index is 680. The van der Waals surface area contributed by atoms with Crippen LogP contribution in [-0.2, 0) is 20.6 Å². The Morgan fingerprint density at radius 3 is 2.21 bits per heavy atom. The summed E-state index contributed by atoms with van der Waals surface area (Å²) in [6.45, 7) is 2.83. The third-order valence-electron chi connectivity index (χ3n) is 3.91. The van der Waals surface area contributed by atoms with E-state index in [-0.39, 0.29) is 12.1 Å². The van der Waals surface area contributed by atoms with Crippen molar-refractivity contribution in [3.05, 3.63) is 29.8 Å². The first-order valence-corrected chi connectivity index (χ1v) is 7.12. The lowest BCUT2D eigenvalue weighted by atomic mass is 9.70. The van der Waals surface area contributed by atoms with Gasteiger partial charge >= 0.3 is 6.18 Å². The van der Waals surface area contributed by atoms with Crippen molar-refractivity contribution in [1.29, 1.82) is 0 Å². The molecule has 0 bridgehead atoms. The normalized spacial score (nSPS) is 23.9. The molecule has 2 unspecified atom stereocenters. The molecule has 1 aliphatic rings. The van der Waals surface area contributed by atoms with Crippen LogP contribution in [0.3, 0.4) is 0 Å². The highest BCUT2D eigenvalue weighted by molar-refractivity contribution is 6.24. The van der Waals surface area contributed by atoms with Gasteiger partial charge in [-0.2, -0.15) is 13.2 Å². The molecule has 0 heterocycles. The van der Waals surface area contributed by atoms with E-state index in [4.69, 9.17) is 0 Å². The Morgan fingerprint density at radius 1 is 1.17 bits per heavy atom. The average Bonchev–Trinajstić information content (AvgIpc) is 2.44. The van der Waals surface area contributed by atoms with Crippen LogP contribution in [0.4, 0.5) is 23.2 Å². The second-order valence-corrected chi connectivity index (χ2v) is 6.39. The fourth-order valence-electron chi connectivity index (χ4n) is 2.56. The van der Waals surface area contributed by atoms with Crippen LogP contribution in [0.15, 0.2) is 24.3 Å². The SMILES string of the molecule is CC1(C)CC(=O)C(C(=O)Nc2ccc(C(F)(F)F)cc2)C(=O)C1F. The Hall–Kier alpha value is -2.25. The minimum absolute atomic E-state index is 0.0196. The van der Waals surface area contributed by atoms with E-state index in [1.165, 1.54) is 13.8 Å². The van der Waals surface area contributed by atoms with Gasteiger partial charge in [-0.25, -0.2) is 4.39 Å². The van der Waals surface area contributed by atoms with E-state index < -0.39 is 46.7 Å². The van der Waals surface area contributed by atoms with Crippen LogP contribution < -0.4 is 5.32 Å². The number of halogens is 4. The number of amides is 1. The van der Waals surface area contributed by atoms with E-state index in [0.717, 1.165) is 24.3 Å². The molecule has 0 aliphatic heterocycles. The summed E-state index contributed by atoms with van der Waals surface area (Å²) < 4.78 is 51.5. The van der Waals surface area contributed by atoms with E-state index in [9.17, 15) is 31.9 Å². The van der Waals surface area contributed by atoms with Crippen LogP contribution in [0.5, 0.6) is 0 Å². The first-order chi connectivity index (χ1) is 10.9. The number of nitrogens with one attached hydrogen (secondary N) is 1. The van der Waals surface area contributed by atoms with Crippen LogP contribution in [0.25, 0.3) is 0 Å². The van der Waals surface area contributed by atoms with Crippen LogP contribution in [0.2, 0.25) is 0 Å². The Labute approximate surface area is 135 Å². The predicted molar refractivity (Wildman–Crippen MR) is 76.9 cm³/mol. The molecule has 1 aliphatic carbocycles. The summed E-state index contributed by atoms with van der Waals surface area (Å²) >= 11 is 0. The number of hydrogen-bond acceptors (Lipinski definition) is 3. The lowest BCUT2D eigenvalue weighted by Gasteiger charge is -2.34. The maximum absolute atomic E-state index is 14.1. The molecule has 1 fully saturated rings. The van der Waals surface area contributed by atoms with Crippen molar-refractivity contribution >= 4 is 23.2 Å². The Morgan fingerprint density at radius 2 is 1.71 bits per heavy atom. The van der Waals surface area contributed by atoms with Gasteiger partial charge in [0.05, 0.1) is 5.56 Å². The number of Topliss-reactive ketones (excluding diaryl/α,β-unsaturated/α-hetero) is 2. The van der Waals surface area contributed by atoms with E-state index >= 15 is 0 Å². The van der Waals surface area contributed by atoms with Gasteiger partial charge in [0, 0.05) is 17.5 Å². The molecule has 0 saturated heterocycles. The van der Waals surface area contributed by atoms with Crippen LogP contribution in [0.1, 0.15) is 25.8 Å². The maximum Gasteiger partial charge on any atom is 0.416 e. The zero-order chi connectivity index (χ0) is 18.3. The molecule has 2 atom stereocenters. The first kappa shape index (κ1) is 18.1. The molecule has 1 aromatic carbocycles. The molecule has 130 valence electrons. The molecule has 0 spiro atoms. The molecule has 8 heteroatoms. The molecule has 0 radical (unpaired) electrons. The zero-order valence-electron chi connectivity index (χ0n) is 12.9. The summed E-state index contributed by atoms with van der Waals surface area (Å²) in [5.41, 5.74) is -2.11. The third kappa shape index (κ3) is 3.47. The predicted octanol–water partition coefficient (Wildman–Crippen LogP) is 3.17. The van der Waals surface area contributed by atoms with Crippen molar-refractivity contribution in [2.45, 2.75) is 32.6 Å². The lowest BCUT2D eigenvalue weighted by Crippen LogP contribution is -2.51. The van der Waals surface area contributed by atoms with Crippen molar-refractivity contribution in [3.8, 4) is 0 Å². The van der Waals surface area contributed by atoms with Crippen molar-refractivity contribution in [2.75, 3.05) is 5.32 Å². The lowest BCUT2D eigenvalue weighted by molar-refractivity contribution is -0.149. The second kappa shape index (κ2) is 5.99. The standard InChI is InChI=1S/C16H15F4NO3/c1-15(2)7-10(22)11(12(23)13(15)17)14(24)21-9-5-3-8(4-6-9)16(18,19)20/h3-6,11,13H,7H2,1-2H3,(H,21,24). The largest absolute Gasteiger partial charge is 0.416 e. The molecule has 1 N–H and O–H groups in total. The van der Waals surface area contributed by atoms with Gasteiger partial charge in [-0.05, 0) is 24.3 Å². The number of carbonyl (C=O) groups excluding carboxylic acids is 3. The summed E-state index contributed by atoms with van der Waals surface area (Å²) in [6.07, 6.45) is -6.76. The van der Waals surface area contributed by atoms with E-state index in [1.54, 1.807) is 0 Å². The monoisotopic (exact) mass is 345 g/mol. The first-order valence-electron chi connectivity index (χ1n) is 7.12. The molecular formula is C16H15F4NO3. The summed E-state index contributed by atoms with van der Waals surface area (Å²) in [4.78, 5) is 36.0. The van der Waals surface area contributed by atoms with Crippen molar-refractivity contribution in [2.24, 2.45) is 11.3 Å². The number of alkyl halides is 4. The summed E-state index contributed by atoms with van der Waals surface area (Å²) in [5, 5.41) is 2.18. The average molecular weight is 345 g/mol. The zero-order valence-corrected chi connectivity index (χ0v) is 12.9. The van der Waals surface area contributed by atoms with Gasteiger partial charge in [-0.3, -0.25) is 14.4 Å².